The van der Waals surface area contributed by atoms with E-state index < -0.39 is 64.5 Å². The molecule has 0 spiro atoms. The highest BCUT2D eigenvalue weighted by Gasteiger charge is 2.43. The van der Waals surface area contributed by atoms with Crippen LogP contribution in [0.1, 0.15) is 43.3 Å². The molecule has 15 heteroatoms. The van der Waals surface area contributed by atoms with Crippen molar-refractivity contribution >= 4 is 15.9 Å². The monoisotopic (exact) mass is 573 g/mol. The van der Waals surface area contributed by atoms with Gasteiger partial charge in [0.15, 0.2) is 0 Å². The highest BCUT2D eigenvalue weighted by molar-refractivity contribution is 7.89. The predicted octanol–water partition coefficient (Wildman–Crippen LogP) is 4.49. The van der Waals surface area contributed by atoms with Gasteiger partial charge in [0.1, 0.15) is 17.6 Å². The summed E-state index contributed by atoms with van der Waals surface area (Å²) in [6.07, 6.45) is -4.51. The largest absolute Gasteiger partial charge is 0.451 e. The highest BCUT2D eigenvalue weighted by Crippen LogP contribution is 2.32. The Hall–Kier alpha value is -3.59. The van der Waals surface area contributed by atoms with Gasteiger partial charge in [0.2, 0.25) is 21.8 Å². The minimum absolute atomic E-state index is 0.0741. The molecule has 3 aromatic rings. The Balaban J connectivity index is 1.56. The second kappa shape index (κ2) is 10.9. The molecule has 0 saturated carbocycles. The molecule has 1 amide bonds. The van der Waals surface area contributed by atoms with E-state index in [1.54, 1.807) is 6.92 Å². The van der Waals surface area contributed by atoms with E-state index in [0.29, 0.717) is 6.42 Å². The molecule has 1 aromatic carbocycles. The fourth-order valence-electron chi connectivity index (χ4n) is 4.28. The van der Waals surface area contributed by atoms with Crippen LogP contribution in [0.5, 0.6) is 0 Å². The van der Waals surface area contributed by atoms with Crippen LogP contribution in [0.4, 0.5) is 26.3 Å². The van der Waals surface area contributed by atoms with Crippen LogP contribution >= 0.6 is 0 Å². The van der Waals surface area contributed by atoms with E-state index in [1.165, 1.54) is 6.07 Å². The molecule has 208 valence electrons. The number of nitrogens with zero attached hydrogens (tertiary/aromatic N) is 4. The van der Waals surface area contributed by atoms with Gasteiger partial charge in [0, 0.05) is 42.3 Å². The van der Waals surface area contributed by atoms with E-state index in [2.05, 4.69) is 20.3 Å². The number of sulfonamides is 1. The molecule has 1 fully saturated rings. The molecule has 3 heterocycles. The van der Waals surface area contributed by atoms with Crippen LogP contribution < -0.4 is 5.32 Å². The fraction of sp³-hybridized carbons (Fsp3) is 0.333. The number of nitrogens with one attached hydrogen (secondary N) is 1. The van der Waals surface area contributed by atoms with Crippen LogP contribution in [-0.4, -0.2) is 45.7 Å². The van der Waals surface area contributed by atoms with Crippen LogP contribution in [0.3, 0.4) is 0 Å². The number of hydrogen-bond donors (Lipinski definition) is 1. The first-order chi connectivity index (χ1) is 18.3. The molecule has 2 aromatic heterocycles. The normalized spacial score (nSPS) is 18.5. The molecule has 0 unspecified atom stereocenters. The van der Waals surface area contributed by atoms with Crippen LogP contribution in [0, 0.1) is 5.82 Å². The van der Waals surface area contributed by atoms with Gasteiger partial charge in [-0.25, -0.2) is 31.6 Å². The molecule has 1 aliphatic heterocycles. The summed E-state index contributed by atoms with van der Waals surface area (Å²) in [6.45, 7) is 1.15. The first-order valence-electron chi connectivity index (χ1n) is 11.5. The Morgan fingerprint density at radius 1 is 1.05 bits per heavy atom. The van der Waals surface area contributed by atoms with Crippen LogP contribution in [0.2, 0.25) is 0 Å². The van der Waals surface area contributed by atoms with Gasteiger partial charge in [0.25, 0.3) is 6.43 Å². The molecular weight excluding hydrogens is 552 g/mol. The van der Waals surface area contributed by atoms with Crippen molar-refractivity contribution in [3.05, 3.63) is 71.8 Å². The fourth-order valence-corrected chi connectivity index (χ4v) is 6.12. The predicted molar refractivity (Wildman–Crippen MR) is 125 cm³/mol. The smallest absolute Gasteiger partial charge is 0.351 e. The lowest BCUT2D eigenvalue weighted by molar-refractivity contribution is -0.145. The van der Waals surface area contributed by atoms with E-state index >= 15 is 0 Å². The molecule has 39 heavy (non-hydrogen) atoms. The summed E-state index contributed by atoms with van der Waals surface area (Å²) in [6, 6.07) is 3.64. The maximum absolute atomic E-state index is 13.6. The number of rotatable bonds is 7. The van der Waals surface area contributed by atoms with E-state index in [9.17, 15) is 39.6 Å². The Bertz CT molecular complexity index is 1450. The summed E-state index contributed by atoms with van der Waals surface area (Å²) in [4.78, 5) is 23.0. The molecule has 2 atom stereocenters. The third kappa shape index (κ3) is 6.03. The number of carbonyl (C=O) groups is 1. The van der Waals surface area contributed by atoms with Gasteiger partial charge in [-0.15, -0.1) is 0 Å². The second-order valence-corrected chi connectivity index (χ2v) is 10.7. The molecule has 1 saturated heterocycles. The van der Waals surface area contributed by atoms with Crippen LogP contribution in [0.25, 0.3) is 11.1 Å². The number of benzene rings is 1. The Morgan fingerprint density at radius 3 is 2.26 bits per heavy atom. The van der Waals surface area contributed by atoms with Crippen molar-refractivity contribution in [3.8, 4) is 11.1 Å². The second-order valence-electron chi connectivity index (χ2n) is 8.81. The van der Waals surface area contributed by atoms with E-state index in [1.807, 2.05) is 0 Å². The van der Waals surface area contributed by atoms with Crippen molar-refractivity contribution in [1.29, 1.82) is 0 Å². The van der Waals surface area contributed by atoms with E-state index in [-0.39, 0.29) is 28.0 Å². The maximum Gasteiger partial charge on any atom is 0.451 e. The third-order valence-corrected chi connectivity index (χ3v) is 8.23. The number of amides is 1. The molecule has 1 aliphatic rings. The summed E-state index contributed by atoms with van der Waals surface area (Å²) in [5.74, 6) is -2.75. The number of alkyl halides is 5. The lowest BCUT2D eigenvalue weighted by atomic mass is 10.1. The molecule has 0 bridgehead atoms. The standard InChI is InChI=1S/C24H21F6N5O3S/c1-13-2-7-19(35(13)39(37,38)18-5-3-17(25)4-6-18)22(36)32-10-15-8-14(9-31-20(15)21(26)27)16-11-33-23(34-12-16)24(28,29)30/h3-6,8-9,11-13,19,21H,2,7,10H2,1H3,(H,32,36)/t13-,19-/m0/s1. The summed E-state index contributed by atoms with van der Waals surface area (Å²) in [5.41, 5.74) is -0.588. The molecule has 0 radical (unpaired) electrons. The molecule has 1 N–H and O–H groups in total. The van der Waals surface area contributed by atoms with Crippen molar-refractivity contribution in [3.63, 3.8) is 0 Å². The quantitative estimate of drug-likeness (QED) is 0.418. The maximum atomic E-state index is 13.6. The minimum Gasteiger partial charge on any atom is -0.351 e. The number of hydrogen-bond acceptors (Lipinski definition) is 6. The third-order valence-electron chi connectivity index (χ3n) is 6.19. The summed E-state index contributed by atoms with van der Waals surface area (Å²) in [5, 5.41) is 2.47. The minimum atomic E-state index is -4.76. The number of aromatic nitrogens is 3. The van der Waals surface area contributed by atoms with Crippen molar-refractivity contribution in [1.82, 2.24) is 24.6 Å². The molecule has 4 rings (SSSR count). The van der Waals surface area contributed by atoms with Crippen molar-refractivity contribution in [2.45, 2.75) is 55.9 Å². The van der Waals surface area contributed by atoms with Crippen LogP contribution in [-0.2, 0) is 27.5 Å². The SMILES string of the molecule is C[C@H]1CC[C@@H](C(=O)NCc2cc(-c3cnc(C(F)(F)F)nc3)cnc2C(F)F)N1S(=O)(=O)c1ccc(F)cc1. The van der Waals surface area contributed by atoms with Crippen molar-refractivity contribution < 1.29 is 39.6 Å². The Labute approximate surface area is 219 Å². The number of carbonyl (C=O) groups excluding carboxylic acids is 1. The lowest BCUT2D eigenvalue weighted by Gasteiger charge is -2.27. The Morgan fingerprint density at radius 2 is 1.67 bits per heavy atom. The van der Waals surface area contributed by atoms with Crippen molar-refractivity contribution in [2.24, 2.45) is 0 Å². The van der Waals surface area contributed by atoms with Gasteiger partial charge in [-0.05, 0) is 55.7 Å². The van der Waals surface area contributed by atoms with E-state index in [0.717, 1.165) is 47.2 Å². The molecule has 8 nitrogen and oxygen atoms in total. The van der Waals surface area contributed by atoms with E-state index in [4.69, 9.17) is 0 Å². The topological polar surface area (TPSA) is 105 Å². The molecular formula is C24H21F6N5O3S. The Kier molecular flexibility index (Phi) is 7.93. The first-order valence-corrected chi connectivity index (χ1v) is 13.0. The van der Waals surface area contributed by atoms with Gasteiger partial charge in [0.05, 0.1) is 4.90 Å². The average Bonchev–Trinajstić information content (AvgIpc) is 3.29. The zero-order valence-electron chi connectivity index (χ0n) is 20.2. The van der Waals surface area contributed by atoms with Crippen LogP contribution in [0.15, 0.2) is 53.8 Å². The summed E-state index contributed by atoms with van der Waals surface area (Å²) < 4.78 is 106. The zero-order valence-corrected chi connectivity index (χ0v) is 21.0. The lowest BCUT2D eigenvalue weighted by Crippen LogP contribution is -2.48. The van der Waals surface area contributed by atoms with Gasteiger partial charge in [-0.2, -0.15) is 17.5 Å². The zero-order chi connectivity index (χ0) is 28.5. The summed E-state index contributed by atoms with van der Waals surface area (Å²) in [7, 11) is -4.18. The number of pyridine rings is 1. The number of halogens is 6. The van der Waals surface area contributed by atoms with Crippen molar-refractivity contribution in [2.75, 3.05) is 0 Å². The van der Waals surface area contributed by atoms with Gasteiger partial charge in [-0.1, -0.05) is 0 Å². The van der Waals surface area contributed by atoms with Gasteiger partial charge in [-0.3, -0.25) is 9.78 Å². The highest BCUT2D eigenvalue weighted by atomic mass is 32.2. The van der Waals surface area contributed by atoms with Gasteiger partial charge < -0.3 is 5.32 Å². The first kappa shape index (κ1) is 28.4. The van der Waals surface area contributed by atoms with Gasteiger partial charge >= 0.3 is 6.18 Å². The summed E-state index contributed by atoms with van der Waals surface area (Å²) >= 11 is 0. The molecule has 0 aliphatic carbocycles. The average molecular weight is 574 g/mol.